The van der Waals surface area contributed by atoms with Crippen LogP contribution in [0.25, 0.3) is 0 Å². The number of carbonyl (C=O) groups excluding carboxylic acids is 2. The van der Waals surface area contributed by atoms with Gasteiger partial charge in [-0.2, -0.15) is 0 Å². The molecular formula is C22H27N3O4. The summed E-state index contributed by atoms with van der Waals surface area (Å²) in [6.45, 7) is 4.66. The number of anilines is 2. The number of nitrogens with zero attached hydrogens (tertiary/aromatic N) is 1. The first-order valence-electron chi connectivity index (χ1n) is 9.78. The van der Waals surface area contributed by atoms with Crippen LogP contribution in [-0.2, 0) is 4.79 Å². The maximum Gasteiger partial charge on any atom is 0.257 e. The lowest BCUT2D eigenvalue weighted by molar-refractivity contribution is -0.117. The summed E-state index contributed by atoms with van der Waals surface area (Å²) in [5.74, 6) is 0.775. The standard InChI is InChI=1S/C22H27N3O4/c1-4-7-15(2)25(3)13-21(26)24-18-9-6-5-8-17(18)22(27)23-16-10-11-19-20(12-16)29-14-28-19/h5-6,8-12,15H,4,7,13-14H2,1-3H3,(H,23,27)(H,24,26). The molecule has 1 aliphatic heterocycles. The van der Waals surface area contributed by atoms with Gasteiger partial charge < -0.3 is 20.1 Å². The first-order valence-corrected chi connectivity index (χ1v) is 9.78. The molecular weight excluding hydrogens is 370 g/mol. The summed E-state index contributed by atoms with van der Waals surface area (Å²) >= 11 is 0. The molecule has 154 valence electrons. The van der Waals surface area contributed by atoms with E-state index in [2.05, 4.69) is 24.5 Å². The fraction of sp³-hybridized carbons (Fsp3) is 0.364. The second-order valence-electron chi connectivity index (χ2n) is 7.17. The highest BCUT2D eigenvalue weighted by molar-refractivity contribution is 6.10. The zero-order chi connectivity index (χ0) is 20.8. The van der Waals surface area contributed by atoms with Crippen LogP contribution in [0, 0.1) is 0 Å². The predicted octanol–water partition coefficient (Wildman–Crippen LogP) is 3.73. The molecule has 1 aliphatic rings. The number of hydrogen-bond donors (Lipinski definition) is 2. The van der Waals surface area contributed by atoms with Gasteiger partial charge in [0.1, 0.15) is 0 Å². The normalized spacial score (nSPS) is 13.2. The Balaban J connectivity index is 1.66. The average molecular weight is 397 g/mol. The van der Waals surface area contributed by atoms with Gasteiger partial charge in [-0.3, -0.25) is 14.5 Å². The molecule has 2 aromatic rings. The Kier molecular flexibility index (Phi) is 6.72. The van der Waals surface area contributed by atoms with E-state index >= 15 is 0 Å². The molecule has 2 aromatic carbocycles. The van der Waals surface area contributed by atoms with Crippen LogP contribution in [0.1, 0.15) is 37.0 Å². The quantitative estimate of drug-likeness (QED) is 0.710. The van der Waals surface area contributed by atoms with Gasteiger partial charge >= 0.3 is 0 Å². The molecule has 1 atom stereocenters. The molecule has 29 heavy (non-hydrogen) atoms. The van der Waals surface area contributed by atoms with Crippen LogP contribution in [0.3, 0.4) is 0 Å². The number of amides is 2. The van der Waals surface area contributed by atoms with Crippen LogP contribution < -0.4 is 20.1 Å². The Hall–Kier alpha value is -3.06. The zero-order valence-corrected chi connectivity index (χ0v) is 17.0. The molecule has 0 radical (unpaired) electrons. The van der Waals surface area contributed by atoms with Crippen LogP contribution in [0.15, 0.2) is 42.5 Å². The molecule has 0 bridgehead atoms. The third-order valence-electron chi connectivity index (χ3n) is 4.93. The topological polar surface area (TPSA) is 79.9 Å². The van der Waals surface area contributed by atoms with E-state index in [9.17, 15) is 9.59 Å². The van der Waals surface area contributed by atoms with Gasteiger partial charge in [-0.15, -0.1) is 0 Å². The van der Waals surface area contributed by atoms with Gasteiger partial charge in [0, 0.05) is 17.8 Å². The third kappa shape index (κ3) is 5.26. The summed E-state index contributed by atoms with van der Waals surface area (Å²) in [5.41, 5.74) is 1.46. The van der Waals surface area contributed by atoms with Gasteiger partial charge in [0.05, 0.1) is 17.8 Å². The highest BCUT2D eigenvalue weighted by Gasteiger charge is 2.18. The lowest BCUT2D eigenvalue weighted by Crippen LogP contribution is -2.36. The van der Waals surface area contributed by atoms with E-state index in [1.54, 1.807) is 42.5 Å². The Morgan fingerprint density at radius 1 is 1.10 bits per heavy atom. The van der Waals surface area contributed by atoms with Crippen molar-refractivity contribution in [2.24, 2.45) is 0 Å². The highest BCUT2D eigenvalue weighted by atomic mass is 16.7. The van der Waals surface area contributed by atoms with Crippen molar-refractivity contribution in [3.63, 3.8) is 0 Å². The van der Waals surface area contributed by atoms with Crippen molar-refractivity contribution in [2.45, 2.75) is 32.7 Å². The van der Waals surface area contributed by atoms with Crippen LogP contribution in [0.2, 0.25) is 0 Å². The second kappa shape index (κ2) is 9.43. The number of para-hydroxylation sites is 1. The number of hydrogen-bond acceptors (Lipinski definition) is 5. The SMILES string of the molecule is CCCC(C)N(C)CC(=O)Nc1ccccc1C(=O)Nc1ccc2c(c1)OCO2. The minimum absolute atomic E-state index is 0.154. The summed E-state index contributed by atoms with van der Waals surface area (Å²) in [5, 5.41) is 5.70. The number of ether oxygens (including phenoxy) is 2. The second-order valence-corrected chi connectivity index (χ2v) is 7.17. The van der Waals surface area contributed by atoms with E-state index in [-0.39, 0.29) is 25.2 Å². The summed E-state index contributed by atoms with van der Waals surface area (Å²) in [7, 11) is 1.93. The smallest absolute Gasteiger partial charge is 0.257 e. The van der Waals surface area contributed by atoms with Crippen molar-refractivity contribution in [2.75, 3.05) is 31.0 Å². The van der Waals surface area contributed by atoms with Crippen molar-refractivity contribution in [1.82, 2.24) is 4.90 Å². The molecule has 2 N–H and O–H groups in total. The maximum absolute atomic E-state index is 12.8. The molecule has 7 heteroatoms. The largest absolute Gasteiger partial charge is 0.454 e. The van der Waals surface area contributed by atoms with Crippen molar-refractivity contribution in [3.8, 4) is 11.5 Å². The minimum Gasteiger partial charge on any atom is -0.454 e. The zero-order valence-electron chi connectivity index (χ0n) is 17.0. The molecule has 0 saturated heterocycles. The van der Waals surface area contributed by atoms with Crippen molar-refractivity contribution >= 4 is 23.2 Å². The molecule has 1 heterocycles. The van der Waals surface area contributed by atoms with E-state index in [1.807, 2.05) is 11.9 Å². The monoisotopic (exact) mass is 397 g/mol. The molecule has 7 nitrogen and oxygen atoms in total. The number of fused-ring (bicyclic) bond motifs is 1. The van der Waals surface area contributed by atoms with Gasteiger partial charge in [-0.05, 0) is 44.7 Å². The molecule has 3 rings (SSSR count). The number of rotatable bonds is 8. The number of benzene rings is 2. The van der Waals surface area contributed by atoms with Gasteiger partial charge in [-0.25, -0.2) is 0 Å². The fourth-order valence-electron chi connectivity index (χ4n) is 3.17. The first-order chi connectivity index (χ1) is 14.0. The van der Waals surface area contributed by atoms with Crippen molar-refractivity contribution in [1.29, 1.82) is 0 Å². The lowest BCUT2D eigenvalue weighted by atomic mass is 10.1. The molecule has 0 aliphatic carbocycles. The Morgan fingerprint density at radius 3 is 2.66 bits per heavy atom. The molecule has 1 unspecified atom stereocenters. The Bertz CT molecular complexity index is 884. The summed E-state index contributed by atoms with van der Waals surface area (Å²) in [6.07, 6.45) is 2.09. The van der Waals surface area contributed by atoms with E-state index in [4.69, 9.17) is 9.47 Å². The van der Waals surface area contributed by atoms with Crippen LogP contribution in [-0.4, -0.2) is 43.1 Å². The van der Waals surface area contributed by atoms with Gasteiger partial charge in [-0.1, -0.05) is 25.5 Å². The number of nitrogens with one attached hydrogen (secondary N) is 2. The van der Waals surface area contributed by atoms with E-state index in [0.717, 1.165) is 12.8 Å². The summed E-state index contributed by atoms with van der Waals surface area (Å²) < 4.78 is 10.6. The molecule has 0 aromatic heterocycles. The fourth-order valence-corrected chi connectivity index (χ4v) is 3.17. The van der Waals surface area contributed by atoms with E-state index in [0.29, 0.717) is 34.5 Å². The highest BCUT2D eigenvalue weighted by Crippen LogP contribution is 2.34. The summed E-state index contributed by atoms with van der Waals surface area (Å²) in [6, 6.07) is 12.5. The van der Waals surface area contributed by atoms with Gasteiger partial charge in [0.25, 0.3) is 5.91 Å². The van der Waals surface area contributed by atoms with E-state index < -0.39 is 0 Å². The van der Waals surface area contributed by atoms with Gasteiger partial charge in [0.2, 0.25) is 12.7 Å². The summed E-state index contributed by atoms with van der Waals surface area (Å²) in [4.78, 5) is 27.3. The van der Waals surface area contributed by atoms with Crippen molar-refractivity contribution < 1.29 is 19.1 Å². The molecule has 2 amide bonds. The van der Waals surface area contributed by atoms with Crippen LogP contribution in [0.4, 0.5) is 11.4 Å². The number of likely N-dealkylation sites (N-methyl/N-ethyl adjacent to an activating group) is 1. The molecule has 0 saturated carbocycles. The third-order valence-corrected chi connectivity index (χ3v) is 4.93. The minimum atomic E-state index is -0.313. The molecule has 0 fully saturated rings. The van der Waals surface area contributed by atoms with Crippen molar-refractivity contribution in [3.05, 3.63) is 48.0 Å². The lowest BCUT2D eigenvalue weighted by Gasteiger charge is -2.23. The van der Waals surface area contributed by atoms with E-state index in [1.165, 1.54) is 0 Å². The maximum atomic E-state index is 12.8. The average Bonchev–Trinajstić information content (AvgIpc) is 3.16. The van der Waals surface area contributed by atoms with Gasteiger partial charge in [0.15, 0.2) is 11.5 Å². The van der Waals surface area contributed by atoms with Crippen LogP contribution in [0.5, 0.6) is 11.5 Å². The Morgan fingerprint density at radius 2 is 1.86 bits per heavy atom. The molecule has 0 spiro atoms. The number of carbonyl (C=O) groups is 2. The van der Waals surface area contributed by atoms with Crippen LogP contribution >= 0.6 is 0 Å². The first kappa shape index (κ1) is 20.7. The Labute approximate surface area is 171 Å². The predicted molar refractivity (Wildman–Crippen MR) is 113 cm³/mol.